The molecule has 0 spiro atoms. The predicted octanol–water partition coefficient (Wildman–Crippen LogP) is 2.98. The molecule has 0 fully saturated rings. The molecule has 3 aromatic rings. The van der Waals surface area contributed by atoms with Crippen LogP contribution < -0.4 is 9.47 Å². The van der Waals surface area contributed by atoms with Crippen LogP contribution in [-0.2, 0) is 6.42 Å². The standard InChI is InChI=1S/C14H13N3O3/c1-3-9-12(18-2)15-8-16-13(9)19-14-10-6-4-5-7-11(10)20-17-14/h4-8H,3H2,1-2H3. The van der Waals surface area contributed by atoms with Crippen molar-refractivity contribution < 1.29 is 14.0 Å². The fraction of sp³-hybridized carbons (Fsp3) is 0.214. The van der Waals surface area contributed by atoms with Crippen molar-refractivity contribution in [3.63, 3.8) is 0 Å². The first-order valence-corrected chi connectivity index (χ1v) is 6.23. The summed E-state index contributed by atoms with van der Waals surface area (Å²) in [5.74, 6) is 1.32. The fourth-order valence-electron chi connectivity index (χ4n) is 1.98. The lowest BCUT2D eigenvalue weighted by atomic mass is 10.2. The smallest absolute Gasteiger partial charge is 0.268 e. The molecule has 1 aromatic carbocycles. The molecule has 2 heterocycles. The summed E-state index contributed by atoms with van der Waals surface area (Å²) in [6.07, 6.45) is 2.09. The Labute approximate surface area is 115 Å². The van der Waals surface area contributed by atoms with Crippen molar-refractivity contribution in [1.82, 2.24) is 15.1 Å². The van der Waals surface area contributed by atoms with Crippen molar-refractivity contribution in [2.24, 2.45) is 0 Å². The maximum absolute atomic E-state index is 5.76. The molecule has 0 aliphatic carbocycles. The molecule has 3 rings (SSSR count). The SMILES string of the molecule is CCc1c(OC)ncnc1Oc1noc2ccccc12. The third kappa shape index (κ3) is 2.05. The Hall–Kier alpha value is -2.63. The van der Waals surface area contributed by atoms with Crippen molar-refractivity contribution in [3.05, 3.63) is 36.2 Å². The normalized spacial score (nSPS) is 10.7. The highest BCUT2D eigenvalue weighted by atomic mass is 16.5. The molecule has 0 bridgehead atoms. The van der Waals surface area contributed by atoms with E-state index in [9.17, 15) is 0 Å². The minimum absolute atomic E-state index is 0.385. The number of nitrogens with zero attached hydrogens (tertiary/aromatic N) is 3. The van der Waals surface area contributed by atoms with Crippen LogP contribution in [0.3, 0.4) is 0 Å². The van der Waals surface area contributed by atoms with Gasteiger partial charge in [0.05, 0.1) is 18.1 Å². The topological polar surface area (TPSA) is 70.3 Å². The second-order valence-corrected chi connectivity index (χ2v) is 4.11. The molecular formula is C14H13N3O3. The Kier molecular flexibility index (Phi) is 3.20. The maximum Gasteiger partial charge on any atom is 0.268 e. The van der Waals surface area contributed by atoms with Crippen LogP contribution in [0.1, 0.15) is 12.5 Å². The van der Waals surface area contributed by atoms with Crippen molar-refractivity contribution >= 4 is 11.0 Å². The van der Waals surface area contributed by atoms with Crippen LogP contribution in [0.15, 0.2) is 35.1 Å². The molecule has 2 aromatic heterocycles. The Balaban J connectivity index is 2.03. The highest BCUT2D eigenvalue weighted by Crippen LogP contribution is 2.32. The summed E-state index contributed by atoms with van der Waals surface area (Å²) in [7, 11) is 1.57. The summed E-state index contributed by atoms with van der Waals surface area (Å²) >= 11 is 0. The molecule has 6 nitrogen and oxygen atoms in total. The van der Waals surface area contributed by atoms with Gasteiger partial charge in [0.2, 0.25) is 11.8 Å². The van der Waals surface area contributed by atoms with E-state index in [0.29, 0.717) is 29.6 Å². The summed E-state index contributed by atoms with van der Waals surface area (Å²) < 4.78 is 16.2. The van der Waals surface area contributed by atoms with Gasteiger partial charge in [-0.1, -0.05) is 19.1 Å². The number of aromatic nitrogens is 3. The zero-order chi connectivity index (χ0) is 13.9. The number of fused-ring (bicyclic) bond motifs is 1. The summed E-state index contributed by atoms with van der Waals surface area (Å²) in [5.41, 5.74) is 1.46. The quantitative estimate of drug-likeness (QED) is 0.726. The highest BCUT2D eigenvalue weighted by Gasteiger charge is 2.16. The van der Waals surface area contributed by atoms with Crippen LogP contribution in [-0.4, -0.2) is 22.2 Å². The fourth-order valence-corrected chi connectivity index (χ4v) is 1.98. The van der Waals surface area contributed by atoms with Crippen molar-refractivity contribution in [1.29, 1.82) is 0 Å². The van der Waals surface area contributed by atoms with Crippen LogP contribution in [0.2, 0.25) is 0 Å². The molecule has 0 unspecified atom stereocenters. The Morgan fingerprint density at radius 2 is 1.90 bits per heavy atom. The number of para-hydroxylation sites is 1. The molecule has 0 aliphatic rings. The first-order valence-electron chi connectivity index (χ1n) is 6.23. The lowest BCUT2D eigenvalue weighted by Crippen LogP contribution is -2.00. The highest BCUT2D eigenvalue weighted by molar-refractivity contribution is 5.82. The second kappa shape index (κ2) is 5.16. The summed E-state index contributed by atoms with van der Waals surface area (Å²) in [4.78, 5) is 8.21. The summed E-state index contributed by atoms with van der Waals surface area (Å²) in [5, 5.41) is 4.72. The van der Waals surface area contributed by atoms with Crippen molar-refractivity contribution in [2.75, 3.05) is 7.11 Å². The van der Waals surface area contributed by atoms with Crippen molar-refractivity contribution in [2.45, 2.75) is 13.3 Å². The maximum atomic E-state index is 5.76. The van der Waals surface area contributed by atoms with E-state index in [1.54, 1.807) is 7.11 Å². The van der Waals surface area contributed by atoms with Gasteiger partial charge < -0.3 is 14.0 Å². The van der Waals surface area contributed by atoms with E-state index in [1.807, 2.05) is 31.2 Å². The van der Waals surface area contributed by atoms with E-state index in [0.717, 1.165) is 10.9 Å². The number of rotatable bonds is 4. The van der Waals surface area contributed by atoms with Gasteiger partial charge in [0.25, 0.3) is 5.88 Å². The molecule has 6 heteroatoms. The molecule has 0 amide bonds. The minimum atomic E-state index is 0.385. The third-order valence-corrected chi connectivity index (χ3v) is 2.95. The lowest BCUT2D eigenvalue weighted by molar-refractivity contribution is 0.360. The average molecular weight is 271 g/mol. The largest absolute Gasteiger partial charge is 0.481 e. The van der Waals surface area contributed by atoms with Gasteiger partial charge in [-0.05, 0) is 23.7 Å². The van der Waals surface area contributed by atoms with Gasteiger partial charge in [0.1, 0.15) is 6.33 Å². The van der Waals surface area contributed by atoms with Gasteiger partial charge in [0.15, 0.2) is 5.58 Å². The average Bonchev–Trinajstić information content (AvgIpc) is 2.90. The van der Waals surface area contributed by atoms with E-state index in [4.69, 9.17) is 14.0 Å². The van der Waals surface area contributed by atoms with E-state index in [-0.39, 0.29) is 0 Å². The third-order valence-electron chi connectivity index (χ3n) is 2.95. The minimum Gasteiger partial charge on any atom is -0.481 e. The molecule has 102 valence electrons. The Morgan fingerprint density at radius 1 is 1.10 bits per heavy atom. The van der Waals surface area contributed by atoms with Gasteiger partial charge in [-0.2, -0.15) is 0 Å². The van der Waals surface area contributed by atoms with E-state index >= 15 is 0 Å². The van der Waals surface area contributed by atoms with E-state index in [2.05, 4.69) is 15.1 Å². The number of hydrogen-bond acceptors (Lipinski definition) is 6. The number of ether oxygens (including phenoxy) is 2. The monoisotopic (exact) mass is 271 g/mol. The molecule has 0 N–H and O–H groups in total. The van der Waals surface area contributed by atoms with E-state index < -0.39 is 0 Å². The summed E-state index contributed by atoms with van der Waals surface area (Å²) in [6.45, 7) is 1.98. The van der Waals surface area contributed by atoms with Crippen LogP contribution in [0.4, 0.5) is 0 Å². The molecule has 0 atom stereocenters. The molecule has 0 saturated carbocycles. The molecule has 0 aliphatic heterocycles. The molecule has 20 heavy (non-hydrogen) atoms. The van der Waals surface area contributed by atoms with Crippen molar-refractivity contribution in [3.8, 4) is 17.6 Å². The van der Waals surface area contributed by atoms with Crippen LogP contribution >= 0.6 is 0 Å². The van der Waals surface area contributed by atoms with Gasteiger partial charge in [-0.25, -0.2) is 9.97 Å². The van der Waals surface area contributed by atoms with Crippen LogP contribution in [0, 0.1) is 0 Å². The first-order chi connectivity index (χ1) is 9.83. The first kappa shape index (κ1) is 12.4. The summed E-state index contributed by atoms with van der Waals surface area (Å²) in [6, 6.07) is 7.48. The molecule has 0 saturated heterocycles. The Bertz CT molecular complexity index is 739. The Morgan fingerprint density at radius 3 is 2.70 bits per heavy atom. The van der Waals surface area contributed by atoms with Crippen LogP contribution in [0.25, 0.3) is 11.0 Å². The number of methoxy groups -OCH3 is 1. The molecular weight excluding hydrogens is 258 g/mol. The van der Waals surface area contributed by atoms with Crippen LogP contribution in [0.5, 0.6) is 17.6 Å². The zero-order valence-corrected chi connectivity index (χ0v) is 11.2. The lowest BCUT2D eigenvalue weighted by Gasteiger charge is -2.09. The zero-order valence-electron chi connectivity index (χ0n) is 11.2. The van der Waals surface area contributed by atoms with Gasteiger partial charge in [-0.15, -0.1) is 0 Å². The predicted molar refractivity (Wildman–Crippen MR) is 72.0 cm³/mol. The van der Waals surface area contributed by atoms with Gasteiger partial charge in [0, 0.05) is 0 Å². The number of hydrogen-bond donors (Lipinski definition) is 0. The second-order valence-electron chi connectivity index (χ2n) is 4.11. The molecule has 0 radical (unpaired) electrons. The number of benzene rings is 1. The van der Waals surface area contributed by atoms with Gasteiger partial charge in [-0.3, -0.25) is 0 Å². The van der Waals surface area contributed by atoms with E-state index in [1.165, 1.54) is 6.33 Å². The van der Waals surface area contributed by atoms with Gasteiger partial charge >= 0.3 is 0 Å².